The highest BCUT2D eigenvalue weighted by Crippen LogP contribution is 2.27. The van der Waals surface area contributed by atoms with Crippen LogP contribution in [0.2, 0.25) is 0 Å². The van der Waals surface area contributed by atoms with E-state index in [1.807, 2.05) is 36.0 Å². The molecule has 1 N–H and O–H groups in total. The smallest absolute Gasteiger partial charge is 0.214 e. The van der Waals surface area contributed by atoms with Crippen LogP contribution in [-0.4, -0.2) is 19.5 Å². The van der Waals surface area contributed by atoms with Gasteiger partial charge >= 0.3 is 0 Å². The predicted octanol–water partition coefficient (Wildman–Crippen LogP) is 3.40. The second kappa shape index (κ2) is 4.77. The summed E-state index contributed by atoms with van der Waals surface area (Å²) in [4.78, 5) is 12.5. The lowest BCUT2D eigenvalue weighted by Crippen LogP contribution is -1.98. The van der Waals surface area contributed by atoms with E-state index in [-0.39, 0.29) is 0 Å². The van der Waals surface area contributed by atoms with Crippen LogP contribution in [0.3, 0.4) is 0 Å². The van der Waals surface area contributed by atoms with Crippen LogP contribution < -0.4 is 5.32 Å². The Balaban J connectivity index is 1.84. The van der Waals surface area contributed by atoms with Gasteiger partial charge in [-0.2, -0.15) is 4.39 Å². The highest BCUT2D eigenvalue weighted by molar-refractivity contribution is 6.06. The molecule has 0 bridgehead atoms. The molecule has 4 heterocycles. The van der Waals surface area contributed by atoms with Crippen LogP contribution in [0.25, 0.3) is 21.9 Å². The number of nitrogens with one attached hydrogen (secondary N) is 1. The summed E-state index contributed by atoms with van der Waals surface area (Å²) in [6.07, 6.45) is 3.59. The largest absolute Gasteiger partial charge is 0.328 e. The van der Waals surface area contributed by atoms with Crippen LogP contribution in [0, 0.1) is 5.95 Å². The number of anilines is 2. The first-order chi connectivity index (χ1) is 10.7. The highest BCUT2D eigenvalue weighted by atomic mass is 19.1. The molecule has 5 nitrogen and oxygen atoms in total. The first-order valence-corrected chi connectivity index (χ1v) is 6.81. The summed E-state index contributed by atoms with van der Waals surface area (Å²) < 4.78 is 15.2. The standard InChI is InChI=1S/C16H12FN5/c1-22-12-7-8-18-9-11(12)10-5-6-15(21-16(10)22)20-14-4-2-3-13(17)19-14/h2-9H,1H3,(H,19,20,21). The summed E-state index contributed by atoms with van der Waals surface area (Å²) >= 11 is 0. The lowest BCUT2D eigenvalue weighted by atomic mass is 10.2. The molecule has 0 aliphatic carbocycles. The number of aromatic nitrogens is 4. The predicted molar refractivity (Wildman–Crippen MR) is 83.5 cm³/mol. The van der Waals surface area contributed by atoms with Gasteiger partial charge in [0.05, 0.1) is 5.52 Å². The van der Waals surface area contributed by atoms with Crippen LogP contribution in [0.1, 0.15) is 0 Å². The Bertz CT molecular complexity index is 992. The van der Waals surface area contributed by atoms with Crippen molar-refractivity contribution in [3.8, 4) is 0 Å². The molecule has 4 aromatic heterocycles. The molecule has 108 valence electrons. The van der Waals surface area contributed by atoms with Crippen LogP contribution in [-0.2, 0) is 7.05 Å². The Kier molecular flexibility index (Phi) is 2.75. The summed E-state index contributed by atoms with van der Waals surface area (Å²) in [5.74, 6) is 0.513. The normalized spacial score (nSPS) is 11.2. The van der Waals surface area contributed by atoms with E-state index in [9.17, 15) is 4.39 Å². The van der Waals surface area contributed by atoms with E-state index in [2.05, 4.69) is 20.3 Å². The Labute approximate surface area is 125 Å². The quantitative estimate of drug-likeness (QED) is 0.575. The number of aryl methyl sites for hydroxylation is 1. The van der Waals surface area contributed by atoms with E-state index in [0.29, 0.717) is 11.6 Å². The zero-order valence-electron chi connectivity index (χ0n) is 11.8. The maximum Gasteiger partial charge on any atom is 0.214 e. The minimum absolute atomic E-state index is 0.423. The van der Waals surface area contributed by atoms with Gasteiger partial charge in [0, 0.05) is 30.2 Å². The summed E-state index contributed by atoms with van der Waals surface area (Å²) in [6.45, 7) is 0. The topological polar surface area (TPSA) is 55.6 Å². The van der Waals surface area contributed by atoms with Crippen molar-refractivity contribution in [2.24, 2.45) is 7.05 Å². The molecule has 0 spiro atoms. The van der Waals surface area contributed by atoms with Crippen molar-refractivity contribution in [1.82, 2.24) is 19.5 Å². The SMILES string of the molecule is Cn1c2ccncc2c2ccc(Nc3cccc(F)n3)nc21. The molecular formula is C16H12FN5. The van der Waals surface area contributed by atoms with Crippen molar-refractivity contribution < 1.29 is 4.39 Å². The average molecular weight is 293 g/mol. The third-order valence-electron chi connectivity index (χ3n) is 3.61. The lowest BCUT2D eigenvalue weighted by Gasteiger charge is -2.05. The number of hydrogen-bond acceptors (Lipinski definition) is 4. The van der Waals surface area contributed by atoms with Crippen LogP contribution in [0.5, 0.6) is 0 Å². The highest BCUT2D eigenvalue weighted by Gasteiger charge is 2.10. The molecule has 0 aromatic carbocycles. The fraction of sp³-hybridized carbons (Fsp3) is 0.0625. The molecule has 0 saturated carbocycles. The first kappa shape index (κ1) is 12.7. The Morgan fingerprint density at radius 3 is 2.73 bits per heavy atom. The molecule has 6 heteroatoms. The van der Waals surface area contributed by atoms with Crippen molar-refractivity contribution in [3.63, 3.8) is 0 Å². The molecule has 4 aromatic rings. The number of fused-ring (bicyclic) bond motifs is 3. The maximum absolute atomic E-state index is 13.1. The Hall–Kier alpha value is -3.02. The molecule has 0 radical (unpaired) electrons. The van der Waals surface area contributed by atoms with E-state index in [0.717, 1.165) is 21.9 Å². The van der Waals surface area contributed by atoms with Gasteiger partial charge in [0.15, 0.2) is 0 Å². The molecule has 0 saturated heterocycles. The summed E-state index contributed by atoms with van der Waals surface area (Å²) in [6, 6.07) is 10.4. The fourth-order valence-electron chi connectivity index (χ4n) is 2.59. The van der Waals surface area contributed by atoms with Crippen LogP contribution in [0.15, 0.2) is 48.8 Å². The molecule has 0 fully saturated rings. The van der Waals surface area contributed by atoms with E-state index < -0.39 is 5.95 Å². The zero-order valence-corrected chi connectivity index (χ0v) is 11.8. The van der Waals surface area contributed by atoms with Crippen molar-refractivity contribution >= 4 is 33.6 Å². The number of nitrogens with zero attached hydrogens (tertiary/aromatic N) is 4. The van der Waals surface area contributed by atoms with Gasteiger partial charge in [-0.15, -0.1) is 0 Å². The fourth-order valence-corrected chi connectivity index (χ4v) is 2.59. The Morgan fingerprint density at radius 2 is 1.86 bits per heavy atom. The average Bonchev–Trinajstić information content (AvgIpc) is 2.81. The van der Waals surface area contributed by atoms with Gasteiger partial charge in [0.1, 0.15) is 17.3 Å². The van der Waals surface area contributed by atoms with Crippen LogP contribution >= 0.6 is 0 Å². The minimum Gasteiger partial charge on any atom is -0.328 e. The van der Waals surface area contributed by atoms with E-state index in [1.54, 1.807) is 18.3 Å². The van der Waals surface area contributed by atoms with Crippen molar-refractivity contribution in [2.45, 2.75) is 0 Å². The van der Waals surface area contributed by atoms with Crippen molar-refractivity contribution in [3.05, 3.63) is 54.7 Å². The monoisotopic (exact) mass is 293 g/mol. The lowest BCUT2D eigenvalue weighted by molar-refractivity contribution is 0.585. The molecule has 0 aliphatic heterocycles. The summed E-state index contributed by atoms with van der Waals surface area (Å²) in [7, 11) is 1.96. The molecule has 0 atom stereocenters. The van der Waals surface area contributed by atoms with Crippen LogP contribution in [0.4, 0.5) is 16.0 Å². The Morgan fingerprint density at radius 1 is 1.00 bits per heavy atom. The van der Waals surface area contributed by atoms with Gasteiger partial charge in [-0.3, -0.25) is 4.98 Å². The molecular weight excluding hydrogens is 281 g/mol. The van der Waals surface area contributed by atoms with E-state index in [1.165, 1.54) is 6.07 Å². The van der Waals surface area contributed by atoms with Crippen molar-refractivity contribution in [2.75, 3.05) is 5.32 Å². The van der Waals surface area contributed by atoms with Gasteiger partial charge in [0.25, 0.3) is 0 Å². The van der Waals surface area contributed by atoms with Gasteiger partial charge in [-0.1, -0.05) is 6.07 Å². The molecule has 22 heavy (non-hydrogen) atoms. The minimum atomic E-state index is -0.526. The third kappa shape index (κ3) is 1.96. The maximum atomic E-state index is 13.1. The number of rotatable bonds is 2. The second-order valence-corrected chi connectivity index (χ2v) is 4.99. The number of hydrogen-bond donors (Lipinski definition) is 1. The molecule has 0 unspecified atom stereocenters. The zero-order chi connectivity index (χ0) is 15.1. The van der Waals surface area contributed by atoms with Gasteiger partial charge in [-0.25, -0.2) is 9.97 Å². The molecule has 0 amide bonds. The van der Waals surface area contributed by atoms with Crippen molar-refractivity contribution in [1.29, 1.82) is 0 Å². The molecule has 4 rings (SSSR count). The van der Waals surface area contributed by atoms with Gasteiger partial charge in [-0.05, 0) is 30.3 Å². The molecule has 0 aliphatic rings. The van der Waals surface area contributed by atoms with E-state index in [4.69, 9.17) is 0 Å². The summed E-state index contributed by atoms with van der Waals surface area (Å²) in [5.41, 5.74) is 1.91. The number of pyridine rings is 3. The van der Waals surface area contributed by atoms with E-state index >= 15 is 0 Å². The number of halogens is 1. The van der Waals surface area contributed by atoms with Gasteiger partial charge < -0.3 is 9.88 Å². The van der Waals surface area contributed by atoms with Gasteiger partial charge in [0.2, 0.25) is 5.95 Å². The second-order valence-electron chi connectivity index (χ2n) is 4.99. The summed E-state index contributed by atoms with van der Waals surface area (Å²) in [5, 5.41) is 5.11. The first-order valence-electron chi connectivity index (χ1n) is 6.81. The third-order valence-corrected chi connectivity index (χ3v) is 3.61.